The molecule has 108 valence electrons. The molecule has 2 heteroatoms. The lowest BCUT2D eigenvalue weighted by atomic mass is 10.0. The van der Waals surface area contributed by atoms with Crippen molar-refractivity contribution < 1.29 is 5.11 Å². The van der Waals surface area contributed by atoms with Crippen LogP contribution in [0.4, 0.5) is 0 Å². The lowest BCUT2D eigenvalue weighted by Crippen LogP contribution is -2.34. The molecular weight excluding hydrogens is 246 g/mol. The summed E-state index contributed by atoms with van der Waals surface area (Å²) in [6, 6.07) is 15.0. The molecule has 20 heavy (non-hydrogen) atoms. The summed E-state index contributed by atoms with van der Waals surface area (Å²) in [5, 5.41) is 12.9. The van der Waals surface area contributed by atoms with Crippen molar-refractivity contribution in [3.8, 4) is 0 Å². The third kappa shape index (κ3) is 3.38. The highest BCUT2D eigenvalue weighted by molar-refractivity contribution is 5.83. The van der Waals surface area contributed by atoms with Crippen molar-refractivity contribution in [2.75, 3.05) is 13.6 Å². The van der Waals surface area contributed by atoms with Gasteiger partial charge >= 0.3 is 0 Å². The van der Waals surface area contributed by atoms with Crippen LogP contribution in [0.1, 0.15) is 38.4 Å². The molecule has 2 aromatic rings. The normalized spacial score (nSPS) is 13.3. The fraction of sp³-hybridized carbons (Fsp3) is 0.444. The van der Waals surface area contributed by atoms with Crippen molar-refractivity contribution in [3.63, 3.8) is 0 Å². The van der Waals surface area contributed by atoms with E-state index in [9.17, 15) is 5.11 Å². The van der Waals surface area contributed by atoms with Crippen molar-refractivity contribution in [2.45, 2.75) is 38.8 Å². The minimum atomic E-state index is -0.426. The molecule has 2 nitrogen and oxygen atoms in total. The Kier molecular flexibility index (Phi) is 5.16. The van der Waals surface area contributed by atoms with Gasteiger partial charge in [-0.1, -0.05) is 50.2 Å². The average molecular weight is 271 g/mol. The fourth-order valence-electron chi connectivity index (χ4n) is 2.85. The standard InChI is InChI=1S/C18H25NO/c1-4-17(5-2)19(3)13-18(20)16-11-10-14-8-6-7-9-15(14)12-16/h6-12,17-18,20H,4-5,13H2,1-3H3. The molecule has 0 saturated heterocycles. The van der Waals surface area contributed by atoms with Crippen molar-refractivity contribution >= 4 is 10.8 Å². The van der Waals surface area contributed by atoms with E-state index in [1.54, 1.807) is 0 Å². The van der Waals surface area contributed by atoms with E-state index in [1.165, 1.54) is 10.8 Å². The van der Waals surface area contributed by atoms with Gasteiger partial charge < -0.3 is 10.0 Å². The quantitative estimate of drug-likeness (QED) is 0.858. The molecule has 0 amide bonds. The zero-order valence-electron chi connectivity index (χ0n) is 12.7. The molecule has 0 aromatic heterocycles. The van der Waals surface area contributed by atoms with Crippen LogP contribution in [0.2, 0.25) is 0 Å². The molecule has 0 aliphatic rings. The van der Waals surface area contributed by atoms with Gasteiger partial charge in [-0.05, 0) is 42.3 Å². The Balaban J connectivity index is 2.12. The summed E-state index contributed by atoms with van der Waals surface area (Å²) in [6.45, 7) is 5.09. The van der Waals surface area contributed by atoms with Gasteiger partial charge in [-0.25, -0.2) is 0 Å². The highest BCUT2D eigenvalue weighted by atomic mass is 16.3. The Bertz CT molecular complexity index is 548. The lowest BCUT2D eigenvalue weighted by Gasteiger charge is -2.28. The first-order valence-electron chi connectivity index (χ1n) is 7.52. The number of hydrogen-bond donors (Lipinski definition) is 1. The van der Waals surface area contributed by atoms with Gasteiger partial charge in [-0.15, -0.1) is 0 Å². The van der Waals surface area contributed by atoms with Gasteiger partial charge in [0.25, 0.3) is 0 Å². The van der Waals surface area contributed by atoms with Gasteiger partial charge in [-0.2, -0.15) is 0 Å². The van der Waals surface area contributed by atoms with Crippen LogP contribution in [0.3, 0.4) is 0 Å². The molecule has 0 bridgehead atoms. The molecule has 0 saturated carbocycles. The Morgan fingerprint density at radius 1 is 1.00 bits per heavy atom. The molecule has 0 spiro atoms. The molecule has 2 aromatic carbocycles. The fourth-order valence-corrected chi connectivity index (χ4v) is 2.85. The molecule has 0 heterocycles. The van der Waals surface area contributed by atoms with Crippen LogP contribution < -0.4 is 0 Å². The number of aliphatic hydroxyl groups excluding tert-OH is 1. The van der Waals surface area contributed by atoms with Gasteiger partial charge in [0.05, 0.1) is 6.10 Å². The number of likely N-dealkylation sites (N-methyl/N-ethyl adjacent to an activating group) is 1. The van der Waals surface area contributed by atoms with E-state index in [0.717, 1.165) is 18.4 Å². The zero-order valence-corrected chi connectivity index (χ0v) is 12.7. The SMILES string of the molecule is CCC(CC)N(C)CC(O)c1ccc2ccccc2c1. The first kappa shape index (κ1) is 15.0. The summed E-state index contributed by atoms with van der Waals surface area (Å²) in [4.78, 5) is 2.26. The summed E-state index contributed by atoms with van der Waals surface area (Å²) in [5.74, 6) is 0. The second kappa shape index (κ2) is 6.87. The monoisotopic (exact) mass is 271 g/mol. The smallest absolute Gasteiger partial charge is 0.0917 e. The van der Waals surface area contributed by atoms with E-state index in [-0.39, 0.29) is 0 Å². The summed E-state index contributed by atoms with van der Waals surface area (Å²) in [7, 11) is 2.10. The summed E-state index contributed by atoms with van der Waals surface area (Å²) in [5.41, 5.74) is 1.00. The Hall–Kier alpha value is -1.38. The van der Waals surface area contributed by atoms with Gasteiger partial charge in [0, 0.05) is 12.6 Å². The van der Waals surface area contributed by atoms with Gasteiger partial charge in [0.1, 0.15) is 0 Å². The summed E-state index contributed by atoms with van der Waals surface area (Å²) >= 11 is 0. The van der Waals surface area contributed by atoms with E-state index >= 15 is 0 Å². The van der Waals surface area contributed by atoms with Gasteiger partial charge in [-0.3, -0.25) is 0 Å². The van der Waals surface area contributed by atoms with E-state index in [0.29, 0.717) is 12.6 Å². The average Bonchev–Trinajstić information content (AvgIpc) is 2.48. The molecule has 0 radical (unpaired) electrons. The molecule has 0 fully saturated rings. The van der Waals surface area contributed by atoms with Gasteiger partial charge in [0.2, 0.25) is 0 Å². The maximum absolute atomic E-state index is 10.4. The topological polar surface area (TPSA) is 23.5 Å². The Labute approximate surface area is 122 Å². The van der Waals surface area contributed by atoms with E-state index in [2.05, 4.69) is 50.1 Å². The highest BCUT2D eigenvalue weighted by Gasteiger charge is 2.16. The second-order valence-corrected chi connectivity index (χ2v) is 5.53. The Morgan fingerprint density at radius 2 is 1.65 bits per heavy atom. The van der Waals surface area contributed by atoms with E-state index in [4.69, 9.17) is 0 Å². The van der Waals surface area contributed by atoms with Crippen LogP contribution in [0, 0.1) is 0 Å². The van der Waals surface area contributed by atoms with Crippen molar-refractivity contribution in [1.82, 2.24) is 4.90 Å². The largest absolute Gasteiger partial charge is 0.387 e. The lowest BCUT2D eigenvalue weighted by molar-refractivity contribution is 0.101. The molecule has 2 rings (SSSR count). The van der Waals surface area contributed by atoms with E-state index in [1.807, 2.05) is 18.2 Å². The van der Waals surface area contributed by atoms with Crippen molar-refractivity contribution in [2.24, 2.45) is 0 Å². The second-order valence-electron chi connectivity index (χ2n) is 5.53. The maximum Gasteiger partial charge on any atom is 0.0917 e. The van der Waals surface area contributed by atoms with Crippen LogP contribution in [-0.2, 0) is 0 Å². The van der Waals surface area contributed by atoms with Crippen molar-refractivity contribution in [1.29, 1.82) is 0 Å². The third-order valence-corrected chi connectivity index (χ3v) is 4.19. The summed E-state index contributed by atoms with van der Waals surface area (Å²) < 4.78 is 0. The molecule has 0 aliphatic carbocycles. The van der Waals surface area contributed by atoms with Crippen LogP contribution in [-0.4, -0.2) is 29.6 Å². The zero-order chi connectivity index (χ0) is 14.5. The van der Waals surface area contributed by atoms with Crippen LogP contribution in [0.25, 0.3) is 10.8 Å². The molecule has 1 atom stereocenters. The number of nitrogens with zero attached hydrogens (tertiary/aromatic N) is 1. The maximum atomic E-state index is 10.4. The number of rotatable bonds is 6. The summed E-state index contributed by atoms with van der Waals surface area (Å²) in [6.07, 6.45) is 1.82. The number of benzene rings is 2. The predicted molar refractivity (Wildman–Crippen MR) is 85.9 cm³/mol. The van der Waals surface area contributed by atoms with E-state index < -0.39 is 6.10 Å². The number of hydrogen-bond acceptors (Lipinski definition) is 2. The third-order valence-electron chi connectivity index (χ3n) is 4.19. The minimum absolute atomic E-state index is 0.426. The van der Waals surface area contributed by atoms with Crippen LogP contribution in [0.15, 0.2) is 42.5 Å². The molecule has 0 aliphatic heterocycles. The number of aliphatic hydroxyl groups is 1. The van der Waals surface area contributed by atoms with Gasteiger partial charge in [0.15, 0.2) is 0 Å². The van der Waals surface area contributed by atoms with Crippen molar-refractivity contribution in [3.05, 3.63) is 48.0 Å². The minimum Gasteiger partial charge on any atom is -0.387 e. The molecular formula is C18H25NO. The number of fused-ring (bicyclic) bond motifs is 1. The highest BCUT2D eigenvalue weighted by Crippen LogP contribution is 2.22. The molecule has 1 N–H and O–H groups in total. The Morgan fingerprint density at radius 3 is 2.30 bits per heavy atom. The van der Waals surface area contributed by atoms with Crippen LogP contribution in [0.5, 0.6) is 0 Å². The first-order chi connectivity index (χ1) is 9.65. The molecule has 1 unspecified atom stereocenters. The van der Waals surface area contributed by atoms with Crippen LogP contribution >= 0.6 is 0 Å². The first-order valence-corrected chi connectivity index (χ1v) is 7.52. The predicted octanol–water partition coefficient (Wildman–Crippen LogP) is 3.99.